The van der Waals surface area contributed by atoms with Crippen molar-refractivity contribution in [1.82, 2.24) is 0 Å². The van der Waals surface area contributed by atoms with E-state index in [1.54, 1.807) is 31.2 Å². The molecule has 148 valence electrons. The first-order chi connectivity index (χ1) is 14.0. The zero-order valence-corrected chi connectivity index (χ0v) is 15.8. The third-order valence-corrected chi connectivity index (χ3v) is 4.15. The molecule has 1 amide bonds. The second kappa shape index (κ2) is 9.36. The lowest BCUT2D eigenvalue weighted by Crippen LogP contribution is -2.16. The normalized spacial score (nSPS) is 10.2. The minimum Gasteiger partial charge on any atom is -0.490 e. The van der Waals surface area contributed by atoms with Crippen LogP contribution in [0.5, 0.6) is 11.5 Å². The highest BCUT2D eigenvalue weighted by atomic mass is 16.6. The molecule has 0 aliphatic heterocycles. The lowest BCUT2D eigenvalue weighted by molar-refractivity contribution is -0.384. The van der Waals surface area contributed by atoms with E-state index < -0.39 is 4.92 Å². The molecule has 0 unspecified atom stereocenters. The summed E-state index contributed by atoms with van der Waals surface area (Å²) < 4.78 is 11.3. The van der Waals surface area contributed by atoms with Crippen molar-refractivity contribution < 1.29 is 19.2 Å². The summed E-state index contributed by atoms with van der Waals surface area (Å²) in [6.45, 7) is 2.31. The smallest absolute Gasteiger partial charge is 0.269 e. The summed E-state index contributed by atoms with van der Waals surface area (Å²) in [4.78, 5) is 23.1. The fourth-order valence-corrected chi connectivity index (χ4v) is 2.70. The zero-order valence-electron chi connectivity index (χ0n) is 15.8. The highest BCUT2D eigenvalue weighted by Gasteiger charge is 2.15. The van der Waals surface area contributed by atoms with Gasteiger partial charge in [0, 0.05) is 17.8 Å². The minimum atomic E-state index is -0.473. The number of nitrogens with zero attached hydrogens (tertiary/aromatic N) is 1. The van der Waals surface area contributed by atoms with E-state index in [9.17, 15) is 14.9 Å². The van der Waals surface area contributed by atoms with Crippen LogP contribution < -0.4 is 14.8 Å². The molecule has 3 aromatic carbocycles. The molecule has 7 heteroatoms. The Kier molecular flexibility index (Phi) is 6.42. The number of non-ortho nitro benzene ring substituents is 1. The highest BCUT2D eigenvalue weighted by Crippen LogP contribution is 2.24. The van der Waals surface area contributed by atoms with E-state index in [2.05, 4.69) is 5.32 Å². The van der Waals surface area contributed by atoms with Gasteiger partial charge in [0.15, 0.2) is 0 Å². The van der Waals surface area contributed by atoms with Gasteiger partial charge in [0.1, 0.15) is 24.7 Å². The van der Waals surface area contributed by atoms with Gasteiger partial charge in [-0.25, -0.2) is 0 Å². The molecule has 0 heterocycles. The molecule has 3 aromatic rings. The number of nitrogens with one attached hydrogen (secondary N) is 1. The predicted molar refractivity (Wildman–Crippen MR) is 110 cm³/mol. The number of hydrogen-bond acceptors (Lipinski definition) is 5. The van der Waals surface area contributed by atoms with E-state index in [-0.39, 0.29) is 18.2 Å². The van der Waals surface area contributed by atoms with Crippen molar-refractivity contribution in [3.8, 4) is 11.5 Å². The first-order valence-corrected chi connectivity index (χ1v) is 9.00. The van der Waals surface area contributed by atoms with Gasteiger partial charge in [0.25, 0.3) is 11.6 Å². The van der Waals surface area contributed by atoms with Gasteiger partial charge in [-0.1, -0.05) is 30.3 Å². The van der Waals surface area contributed by atoms with Gasteiger partial charge >= 0.3 is 0 Å². The number of para-hydroxylation sites is 2. The summed E-state index contributed by atoms with van der Waals surface area (Å²) >= 11 is 0. The third kappa shape index (κ3) is 5.32. The molecule has 0 atom stereocenters. The Bertz CT molecular complexity index is 1010. The molecule has 0 radical (unpaired) electrons. The van der Waals surface area contributed by atoms with Gasteiger partial charge in [-0.2, -0.15) is 0 Å². The monoisotopic (exact) mass is 392 g/mol. The molecule has 7 nitrogen and oxygen atoms in total. The van der Waals surface area contributed by atoms with Crippen LogP contribution in [0.15, 0.2) is 72.8 Å². The van der Waals surface area contributed by atoms with Crippen LogP contribution >= 0.6 is 0 Å². The van der Waals surface area contributed by atoms with Crippen LogP contribution in [0, 0.1) is 17.0 Å². The van der Waals surface area contributed by atoms with Crippen LogP contribution in [0.4, 0.5) is 11.4 Å². The van der Waals surface area contributed by atoms with E-state index in [1.165, 1.54) is 18.2 Å². The minimum absolute atomic E-state index is 0.0253. The Morgan fingerprint density at radius 3 is 2.38 bits per heavy atom. The number of nitro benzene ring substituents is 1. The average molecular weight is 392 g/mol. The quantitative estimate of drug-likeness (QED) is 0.343. The summed E-state index contributed by atoms with van der Waals surface area (Å²) in [6.07, 6.45) is 0. The molecule has 29 heavy (non-hydrogen) atoms. The molecule has 0 aromatic heterocycles. The second-order valence-corrected chi connectivity index (χ2v) is 6.22. The van der Waals surface area contributed by atoms with Gasteiger partial charge in [0.05, 0.1) is 10.5 Å². The van der Waals surface area contributed by atoms with E-state index in [1.807, 2.05) is 30.3 Å². The van der Waals surface area contributed by atoms with E-state index >= 15 is 0 Å². The summed E-state index contributed by atoms with van der Waals surface area (Å²) in [5, 5.41) is 13.6. The number of carbonyl (C=O) groups is 1. The molecule has 0 spiro atoms. The molecule has 3 rings (SSSR count). The molecule has 0 aliphatic rings. The number of carbonyl (C=O) groups excluding carboxylic acids is 1. The summed E-state index contributed by atoms with van der Waals surface area (Å²) in [5.74, 6) is 0.818. The number of amides is 1. The highest BCUT2D eigenvalue weighted by molar-refractivity contribution is 6.06. The van der Waals surface area contributed by atoms with Crippen molar-refractivity contribution in [2.75, 3.05) is 18.5 Å². The molecular formula is C22H20N2O5. The Balaban J connectivity index is 1.63. The van der Waals surface area contributed by atoms with Gasteiger partial charge in [-0.05, 0) is 42.8 Å². The summed E-state index contributed by atoms with van der Waals surface area (Å²) in [5.41, 5.74) is 1.44. The summed E-state index contributed by atoms with van der Waals surface area (Å²) in [6, 6.07) is 20.6. The van der Waals surface area contributed by atoms with Crippen LogP contribution in [0.1, 0.15) is 15.9 Å². The van der Waals surface area contributed by atoms with Crippen LogP contribution in [-0.2, 0) is 0 Å². The Labute approximate surface area is 168 Å². The van der Waals surface area contributed by atoms with Gasteiger partial charge in [-0.15, -0.1) is 0 Å². The Hall–Kier alpha value is -3.87. The lowest BCUT2D eigenvalue weighted by atomic mass is 10.1. The molecule has 0 aliphatic carbocycles. The van der Waals surface area contributed by atoms with Crippen LogP contribution in [0.25, 0.3) is 0 Å². The predicted octanol–water partition coefficient (Wildman–Crippen LogP) is 4.61. The van der Waals surface area contributed by atoms with Crippen molar-refractivity contribution in [3.63, 3.8) is 0 Å². The summed E-state index contributed by atoms with van der Waals surface area (Å²) in [7, 11) is 0. The molecular weight excluding hydrogens is 372 g/mol. The number of ether oxygens (including phenoxy) is 2. The zero-order chi connectivity index (χ0) is 20.6. The molecule has 0 fully saturated rings. The van der Waals surface area contributed by atoms with E-state index in [0.29, 0.717) is 29.2 Å². The first-order valence-electron chi connectivity index (χ1n) is 9.00. The molecule has 0 saturated carbocycles. The van der Waals surface area contributed by atoms with E-state index in [4.69, 9.17) is 9.47 Å². The van der Waals surface area contributed by atoms with Crippen LogP contribution in [0.3, 0.4) is 0 Å². The lowest BCUT2D eigenvalue weighted by Gasteiger charge is -2.13. The SMILES string of the molecule is Cc1cc([N+](=O)[O-])ccc1NC(=O)c1ccccc1OCCOc1ccccc1. The maximum Gasteiger partial charge on any atom is 0.269 e. The van der Waals surface area contributed by atoms with Gasteiger partial charge < -0.3 is 14.8 Å². The topological polar surface area (TPSA) is 90.7 Å². The first kappa shape index (κ1) is 19.9. The fourth-order valence-electron chi connectivity index (χ4n) is 2.70. The van der Waals surface area contributed by atoms with Crippen LogP contribution in [0.2, 0.25) is 0 Å². The van der Waals surface area contributed by atoms with Crippen LogP contribution in [-0.4, -0.2) is 24.0 Å². The number of anilines is 1. The van der Waals surface area contributed by atoms with Gasteiger partial charge in [0.2, 0.25) is 0 Å². The number of benzene rings is 3. The number of rotatable bonds is 8. The maximum atomic E-state index is 12.7. The van der Waals surface area contributed by atoms with Gasteiger partial charge in [-0.3, -0.25) is 14.9 Å². The molecule has 1 N–H and O–H groups in total. The van der Waals surface area contributed by atoms with Crippen molar-refractivity contribution in [3.05, 3.63) is 94.0 Å². The standard InChI is InChI=1S/C22H20N2O5/c1-16-15-17(24(26)27)11-12-20(16)23-22(25)19-9-5-6-10-21(19)29-14-13-28-18-7-3-2-4-8-18/h2-12,15H,13-14H2,1H3,(H,23,25). The number of nitro groups is 1. The van der Waals surface area contributed by atoms with Crippen molar-refractivity contribution in [2.45, 2.75) is 6.92 Å². The second-order valence-electron chi connectivity index (χ2n) is 6.22. The van der Waals surface area contributed by atoms with E-state index in [0.717, 1.165) is 5.75 Å². The fraction of sp³-hybridized carbons (Fsp3) is 0.136. The largest absolute Gasteiger partial charge is 0.490 e. The molecule has 0 saturated heterocycles. The van der Waals surface area contributed by atoms with Crippen molar-refractivity contribution >= 4 is 17.3 Å². The Morgan fingerprint density at radius 1 is 0.966 bits per heavy atom. The number of hydrogen-bond donors (Lipinski definition) is 1. The molecule has 0 bridgehead atoms. The number of aryl methyl sites for hydroxylation is 1. The van der Waals surface area contributed by atoms with Crippen molar-refractivity contribution in [2.24, 2.45) is 0 Å². The average Bonchev–Trinajstić information content (AvgIpc) is 2.73. The third-order valence-electron chi connectivity index (χ3n) is 4.15. The van der Waals surface area contributed by atoms with Crippen molar-refractivity contribution in [1.29, 1.82) is 0 Å². The maximum absolute atomic E-state index is 12.7. The Morgan fingerprint density at radius 2 is 1.66 bits per heavy atom.